The van der Waals surface area contributed by atoms with E-state index in [0.717, 1.165) is 35.2 Å². The maximum atomic E-state index is 12.2. The molecule has 1 aliphatic heterocycles. The van der Waals surface area contributed by atoms with Crippen molar-refractivity contribution in [3.05, 3.63) is 20.2 Å². The molecule has 1 aromatic rings. The van der Waals surface area contributed by atoms with E-state index in [1.807, 2.05) is 22.6 Å². The van der Waals surface area contributed by atoms with Crippen LogP contribution in [0.4, 0.5) is 18.9 Å². The molecule has 0 atom stereocenters. The topological polar surface area (TPSA) is 12.5 Å². The fraction of sp³-hybridized carbons (Fsp3) is 0.455. The molecule has 1 aromatic carbocycles. The van der Waals surface area contributed by atoms with Gasteiger partial charge in [0.05, 0.1) is 10.2 Å². The monoisotopic (exact) mass is 435 g/mol. The van der Waals surface area contributed by atoms with Crippen molar-refractivity contribution < 1.29 is 17.9 Å². The first-order valence-electron chi connectivity index (χ1n) is 5.36. The molecule has 0 bridgehead atoms. The minimum Gasteiger partial charge on any atom is -0.405 e. The molecular weight excluding hydrogens is 426 g/mol. The molecule has 0 aromatic heterocycles. The summed E-state index contributed by atoms with van der Waals surface area (Å²) in [7, 11) is 0. The molecule has 0 radical (unpaired) electrons. The van der Waals surface area contributed by atoms with Crippen LogP contribution >= 0.6 is 38.5 Å². The Hall–Kier alpha value is -0.180. The average molecular weight is 436 g/mol. The van der Waals surface area contributed by atoms with Gasteiger partial charge in [0, 0.05) is 16.7 Å². The van der Waals surface area contributed by atoms with Gasteiger partial charge in [-0.1, -0.05) is 0 Å². The number of anilines is 1. The van der Waals surface area contributed by atoms with Crippen LogP contribution in [0.2, 0.25) is 0 Å². The van der Waals surface area contributed by atoms with Crippen LogP contribution < -0.4 is 9.64 Å². The molecule has 0 amide bonds. The molecule has 2 nitrogen and oxygen atoms in total. The zero-order valence-electron chi connectivity index (χ0n) is 9.23. The maximum Gasteiger partial charge on any atom is 0.573 e. The number of alkyl halides is 3. The third-order valence-electron chi connectivity index (χ3n) is 2.67. The summed E-state index contributed by atoms with van der Waals surface area (Å²) in [6, 6.07) is 3.10. The summed E-state index contributed by atoms with van der Waals surface area (Å²) in [6.45, 7) is 1.89. The first-order chi connectivity index (χ1) is 8.37. The van der Waals surface area contributed by atoms with Crippen LogP contribution in [-0.4, -0.2) is 19.5 Å². The smallest absolute Gasteiger partial charge is 0.405 e. The van der Waals surface area contributed by atoms with Crippen LogP contribution in [0.3, 0.4) is 0 Å². The molecule has 0 spiro atoms. The van der Waals surface area contributed by atoms with Crippen molar-refractivity contribution in [3.8, 4) is 5.75 Å². The highest BCUT2D eigenvalue weighted by Crippen LogP contribution is 2.37. The summed E-state index contributed by atoms with van der Waals surface area (Å²) in [5.74, 6) is -0.199. The SMILES string of the molecule is FC(F)(F)Oc1cc(I)c(N2CCCC2)cc1Br. The summed E-state index contributed by atoms with van der Waals surface area (Å²) in [6.07, 6.45) is -2.43. The first-order valence-corrected chi connectivity index (χ1v) is 7.24. The second kappa shape index (κ2) is 5.44. The van der Waals surface area contributed by atoms with Gasteiger partial charge in [0.2, 0.25) is 0 Å². The fourth-order valence-electron chi connectivity index (χ4n) is 1.92. The van der Waals surface area contributed by atoms with E-state index in [1.54, 1.807) is 6.07 Å². The lowest BCUT2D eigenvalue weighted by atomic mass is 10.3. The zero-order valence-corrected chi connectivity index (χ0v) is 13.0. The van der Waals surface area contributed by atoms with Crippen molar-refractivity contribution in [2.75, 3.05) is 18.0 Å². The molecule has 7 heteroatoms. The van der Waals surface area contributed by atoms with Crippen LogP contribution in [0, 0.1) is 3.57 Å². The predicted molar refractivity (Wildman–Crippen MR) is 75.0 cm³/mol. The van der Waals surface area contributed by atoms with Crippen molar-refractivity contribution in [1.82, 2.24) is 0 Å². The molecule has 1 fully saturated rings. The molecule has 0 N–H and O–H groups in total. The van der Waals surface area contributed by atoms with Gasteiger partial charge >= 0.3 is 6.36 Å². The number of benzene rings is 1. The maximum absolute atomic E-state index is 12.2. The highest BCUT2D eigenvalue weighted by Gasteiger charge is 2.32. The van der Waals surface area contributed by atoms with Gasteiger partial charge < -0.3 is 9.64 Å². The van der Waals surface area contributed by atoms with Gasteiger partial charge in [0.1, 0.15) is 5.75 Å². The van der Waals surface area contributed by atoms with Crippen molar-refractivity contribution in [3.63, 3.8) is 0 Å². The number of hydrogen-bond donors (Lipinski definition) is 0. The Balaban J connectivity index is 2.28. The summed E-state index contributed by atoms with van der Waals surface area (Å²) in [4.78, 5) is 2.17. The van der Waals surface area contributed by atoms with E-state index in [4.69, 9.17) is 0 Å². The van der Waals surface area contributed by atoms with E-state index < -0.39 is 6.36 Å². The molecule has 100 valence electrons. The molecule has 1 saturated heterocycles. The van der Waals surface area contributed by atoms with Crippen LogP contribution in [0.5, 0.6) is 5.75 Å². The molecule has 2 rings (SSSR count). The lowest BCUT2D eigenvalue weighted by Crippen LogP contribution is -2.20. The average Bonchev–Trinajstić information content (AvgIpc) is 2.74. The van der Waals surface area contributed by atoms with Crippen LogP contribution in [0.25, 0.3) is 0 Å². The standard InChI is InChI=1S/C11H10BrF3INO/c12-7-5-9(17-3-1-2-4-17)8(16)6-10(7)18-11(13,14)15/h5-6H,1-4H2. The van der Waals surface area contributed by atoms with Crippen LogP contribution in [0.15, 0.2) is 16.6 Å². The number of rotatable bonds is 2. The Kier molecular flexibility index (Phi) is 4.30. The second-order valence-corrected chi connectivity index (χ2v) is 5.99. The largest absolute Gasteiger partial charge is 0.573 e. The van der Waals surface area contributed by atoms with Gasteiger partial charge in [-0.15, -0.1) is 13.2 Å². The van der Waals surface area contributed by atoms with Gasteiger partial charge in [0.25, 0.3) is 0 Å². The normalized spacial score (nSPS) is 16.2. The second-order valence-electron chi connectivity index (χ2n) is 3.98. The van der Waals surface area contributed by atoms with Crippen molar-refractivity contribution in [2.24, 2.45) is 0 Å². The number of ether oxygens (including phenoxy) is 1. The summed E-state index contributed by atoms with van der Waals surface area (Å²) in [5.41, 5.74) is 0.953. The first kappa shape index (κ1) is 14.2. The zero-order chi connectivity index (χ0) is 13.3. The highest BCUT2D eigenvalue weighted by atomic mass is 127. The minimum absolute atomic E-state index is 0.199. The molecule has 18 heavy (non-hydrogen) atoms. The van der Waals surface area contributed by atoms with E-state index >= 15 is 0 Å². The van der Waals surface area contributed by atoms with E-state index in [1.165, 1.54) is 6.07 Å². The quantitative estimate of drug-likeness (QED) is 0.632. The molecule has 0 unspecified atom stereocenters. The highest BCUT2D eigenvalue weighted by molar-refractivity contribution is 14.1. The summed E-state index contributed by atoms with van der Waals surface area (Å²) >= 11 is 5.16. The molecule has 0 saturated carbocycles. The van der Waals surface area contributed by atoms with Crippen molar-refractivity contribution >= 4 is 44.2 Å². The third-order valence-corrected chi connectivity index (χ3v) is 4.16. The van der Waals surface area contributed by atoms with Gasteiger partial charge in [-0.05, 0) is 63.5 Å². The van der Waals surface area contributed by atoms with E-state index in [-0.39, 0.29) is 5.75 Å². The Labute approximate surface area is 125 Å². The van der Waals surface area contributed by atoms with Crippen molar-refractivity contribution in [1.29, 1.82) is 0 Å². The Morgan fingerprint density at radius 3 is 2.39 bits per heavy atom. The number of nitrogens with zero attached hydrogens (tertiary/aromatic N) is 1. The minimum atomic E-state index is -4.67. The van der Waals surface area contributed by atoms with E-state index in [9.17, 15) is 13.2 Å². The van der Waals surface area contributed by atoms with Crippen molar-refractivity contribution in [2.45, 2.75) is 19.2 Å². The number of hydrogen-bond acceptors (Lipinski definition) is 2. The lowest BCUT2D eigenvalue weighted by molar-refractivity contribution is -0.274. The number of halogens is 5. The fourth-order valence-corrected chi connectivity index (χ4v) is 3.11. The predicted octanol–water partition coefficient (Wildman–Crippen LogP) is 4.55. The molecule has 0 aliphatic carbocycles. The van der Waals surface area contributed by atoms with E-state index in [2.05, 4.69) is 25.6 Å². The summed E-state index contributed by atoms with van der Waals surface area (Å²) in [5, 5.41) is 0. The Morgan fingerprint density at radius 1 is 1.22 bits per heavy atom. The van der Waals surface area contributed by atoms with Gasteiger partial charge in [-0.3, -0.25) is 0 Å². The summed E-state index contributed by atoms with van der Waals surface area (Å²) < 4.78 is 41.6. The Morgan fingerprint density at radius 2 is 1.83 bits per heavy atom. The third kappa shape index (κ3) is 3.43. The molecular formula is C11H10BrF3INO. The van der Waals surface area contributed by atoms with Gasteiger partial charge in [-0.25, -0.2) is 0 Å². The molecule has 1 heterocycles. The molecule has 1 aliphatic rings. The van der Waals surface area contributed by atoms with Gasteiger partial charge in [0.15, 0.2) is 0 Å². The van der Waals surface area contributed by atoms with Gasteiger partial charge in [-0.2, -0.15) is 0 Å². The van der Waals surface area contributed by atoms with Crippen LogP contribution in [0.1, 0.15) is 12.8 Å². The lowest BCUT2D eigenvalue weighted by Gasteiger charge is -2.21. The van der Waals surface area contributed by atoms with Crippen LogP contribution in [-0.2, 0) is 0 Å². The van der Waals surface area contributed by atoms with E-state index in [0.29, 0.717) is 4.47 Å². The Bertz CT molecular complexity index is 447.